The third-order valence-electron chi connectivity index (χ3n) is 4.54. The smallest absolute Gasteiger partial charge is 0.0968 e. The molecule has 0 saturated carbocycles. The van der Waals surface area contributed by atoms with Crippen LogP contribution < -0.4 is 0 Å². The molecule has 120 valence electrons. The van der Waals surface area contributed by atoms with Crippen LogP contribution in [0.15, 0.2) is 36.5 Å². The van der Waals surface area contributed by atoms with Gasteiger partial charge >= 0.3 is 0 Å². The van der Waals surface area contributed by atoms with Gasteiger partial charge in [0.05, 0.1) is 11.0 Å². The predicted molar refractivity (Wildman–Crippen MR) is 98.9 cm³/mol. The number of aryl methyl sites for hydroxylation is 2. The van der Waals surface area contributed by atoms with Gasteiger partial charge in [0.2, 0.25) is 0 Å². The molecule has 2 nitrogen and oxygen atoms in total. The van der Waals surface area contributed by atoms with Gasteiger partial charge in [0.1, 0.15) is 0 Å². The third-order valence-corrected chi connectivity index (χ3v) is 4.54. The van der Waals surface area contributed by atoms with Crippen LogP contribution in [0, 0.1) is 0 Å². The molecule has 2 aromatic heterocycles. The van der Waals surface area contributed by atoms with Crippen molar-refractivity contribution in [2.45, 2.75) is 58.8 Å². The predicted octanol–water partition coefficient (Wildman–Crippen LogP) is 5.86. The molecule has 0 unspecified atom stereocenters. The first-order valence-electron chi connectivity index (χ1n) is 8.99. The Balaban J connectivity index is 2.09. The maximum Gasteiger partial charge on any atom is 0.0968 e. The lowest BCUT2D eigenvalue weighted by molar-refractivity contribution is 0.697. The van der Waals surface area contributed by atoms with E-state index in [0.717, 1.165) is 23.9 Å². The molecule has 3 rings (SSSR count). The van der Waals surface area contributed by atoms with Crippen LogP contribution in [0.25, 0.3) is 21.8 Å². The number of hydrogen-bond donors (Lipinski definition) is 0. The number of hydrogen-bond acceptors (Lipinski definition) is 2. The minimum atomic E-state index is 1.03. The van der Waals surface area contributed by atoms with E-state index in [1.54, 1.807) is 0 Å². The van der Waals surface area contributed by atoms with Gasteiger partial charge < -0.3 is 0 Å². The Hall–Kier alpha value is -1.96. The van der Waals surface area contributed by atoms with E-state index < -0.39 is 0 Å². The Bertz CT molecular complexity index is 792. The molecule has 23 heavy (non-hydrogen) atoms. The summed E-state index contributed by atoms with van der Waals surface area (Å²) >= 11 is 0. The van der Waals surface area contributed by atoms with E-state index in [4.69, 9.17) is 4.98 Å². The molecule has 0 atom stereocenters. The summed E-state index contributed by atoms with van der Waals surface area (Å²) in [6.45, 7) is 4.51. The molecule has 0 spiro atoms. The van der Waals surface area contributed by atoms with Crippen molar-refractivity contribution in [1.29, 1.82) is 0 Å². The number of pyridine rings is 2. The lowest BCUT2D eigenvalue weighted by Gasteiger charge is -2.12. The first kappa shape index (κ1) is 15.9. The van der Waals surface area contributed by atoms with Crippen molar-refractivity contribution < 1.29 is 0 Å². The molecule has 0 bridgehead atoms. The molecule has 1 aromatic carbocycles. The second-order valence-electron chi connectivity index (χ2n) is 6.37. The van der Waals surface area contributed by atoms with Crippen molar-refractivity contribution >= 4 is 21.8 Å². The highest BCUT2D eigenvalue weighted by Crippen LogP contribution is 2.25. The zero-order valence-electron chi connectivity index (χ0n) is 14.3. The van der Waals surface area contributed by atoms with Crippen LogP contribution in [0.2, 0.25) is 0 Å². The first-order valence-corrected chi connectivity index (χ1v) is 8.99. The monoisotopic (exact) mass is 306 g/mol. The van der Waals surface area contributed by atoms with Crippen molar-refractivity contribution in [1.82, 2.24) is 9.97 Å². The normalized spacial score (nSPS) is 11.4. The summed E-state index contributed by atoms with van der Waals surface area (Å²) in [5.74, 6) is 0. The molecule has 3 aromatic rings. The van der Waals surface area contributed by atoms with Gasteiger partial charge in [0.15, 0.2) is 0 Å². The number of unbranched alkanes of at least 4 members (excludes halogenated alkanes) is 3. The molecule has 0 amide bonds. The van der Waals surface area contributed by atoms with Crippen LogP contribution in [-0.4, -0.2) is 9.97 Å². The lowest BCUT2D eigenvalue weighted by Crippen LogP contribution is -2.00. The van der Waals surface area contributed by atoms with E-state index in [-0.39, 0.29) is 0 Å². The fourth-order valence-electron chi connectivity index (χ4n) is 3.20. The van der Waals surface area contributed by atoms with Crippen LogP contribution in [0.3, 0.4) is 0 Å². The molecule has 2 heterocycles. The van der Waals surface area contributed by atoms with Crippen molar-refractivity contribution in [3.8, 4) is 0 Å². The zero-order valence-corrected chi connectivity index (χ0v) is 14.3. The van der Waals surface area contributed by atoms with E-state index in [2.05, 4.69) is 43.1 Å². The number of nitrogens with zero attached hydrogens (tertiary/aromatic N) is 2. The zero-order chi connectivity index (χ0) is 16.1. The topological polar surface area (TPSA) is 25.8 Å². The quantitative estimate of drug-likeness (QED) is 0.403. The fourth-order valence-corrected chi connectivity index (χ4v) is 3.20. The van der Waals surface area contributed by atoms with Crippen molar-refractivity contribution in [2.24, 2.45) is 0 Å². The average Bonchev–Trinajstić information content (AvgIpc) is 2.60. The Morgan fingerprint density at radius 2 is 1.65 bits per heavy atom. The van der Waals surface area contributed by atoms with Crippen molar-refractivity contribution in [3.63, 3.8) is 0 Å². The molecule has 2 heteroatoms. The molecular weight excluding hydrogens is 280 g/mol. The third kappa shape index (κ3) is 3.52. The van der Waals surface area contributed by atoms with Gasteiger partial charge in [-0.2, -0.15) is 0 Å². The van der Waals surface area contributed by atoms with Crippen LogP contribution in [0.1, 0.15) is 57.2 Å². The standard InChI is InChI=1S/C21H26N2/c1-3-5-7-11-19-17(9-6-4-2)15-18-13-12-16-10-8-14-22-20(16)21(18)23-19/h8,10,12-15H,3-7,9,11H2,1-2H3. The Labute approximate surface area is 139 Å². The van der Waals surface area contributed by atoms with E-state index in [1.807, 2.05) is 12.3 Å². The minimum absolute atomic E-state index is 1.03. The Kier molecular flexibility index (Phi) is 5.22. The number of aromatic nitrogens is 2. The van der Waals surface area contributed by atoms with Gasteiger partial charge in [0, 0.05) is 22.7 Å². The molecule has 0 radical (unpaired) electrons. The highest BCUT2D eigenvalue weighted by molar-refractivity contribution is 6.02. The fraction of sp³-hybridized carbons (Fsp3) is 0.429. The van der Waals surface area contributed by atoms with Gasteiger partial charge in [-0.3, -0.25) is 9.97 Å². The van der Waals surface area contributed by atoms with E-state index in [1.165, 1.54) is 54.1 Å². The van der Waals surface area contributed by atoms with E-state index in [9.17, 15) is 0 Å². The first-order chi connectivity index (χ1) is 11.3. The van der Waals surface area contributed by atoms with E-state index >= 15 is 0 Å². The Morgan fingerprint density at radius 3 is 2.48 bits per heavy atom. The summed E-state index contributed by atoms with van der Waals surface area (Å²) in [6, 6.07) is 10.8. The summed E-state index contributed by atoms with van der Waals surface area (Å²) in [5, 5.41) is 2.40. The maximum atomic E-state index is 5.07. The highest BCUT2D eigenvalue weighted by Gasteiger charge is 2.10. The second-order valence-corrected chi connectivity index (χ2v) is 6.37. The molecule has 0 aliphatic rings. The SMILES string of the molecule is CCCCCc1nc2c(ccc3cccnc32)cc1CCCC. The van der Waals surface area contributed by atoms with Crippen LogP contribution >= 0.6 is 0 Å². The molecule has 0 aliphatic heterocycles. The van der Waals surface area contributed by atoms with Gasteiger partial charge in [-0.15, -0.1) is 0 Å². The van der Waals surface area contributed by atoms with Gasteiger partial charge in [-0.25, -0.2) is 0 Å². The summed E-state index contributed by atoms with van der Waals surface area (Å²) in [5.41, 5.74) is 4.82. The summed E-state index contributed by atoms with van der Waals surface area (Å²) in [7, 11) is 0. The van der Waals surface area contributed by atoms with E-state index in [0.29, 0.717) is 0 Å². The van der Waals surface area contributed by atoms with Gasteiger partial charge in [-0.1, -0.05) is 51.3 Å². The minimum Gasteiger partial charge on any atom is -0.254 e. The molecular formula is C21H26N2. The molecule has 0 aliphatic carbocycles. The van der Waals surface area contributed by atoms with Crippen LogP contribution in [0.5, 0.6) is 0 Å². The molecule has 0 fully saturated rings. The largest absolute Gasteiger partial charge is 0.254 e. The molecule has 0 saturated heterocycles. The van der Waals surface area contributed by atoms with Gasteiger partial charge in [-0.05, 0) is 43.4 Å². The molecule has 0 N–H and O–H groups in total. The Morgan fingerprint density at radius 1 is 0.826 bits per heavy atom. The van der Waals surface area contributed by atoms with Crippen molar-refractivity contribution in [2.75, 3.05) is 0 Å². The van der Waals surface area contributed by atoms with Crippen molar-refractivity contribution in [3.05, 3.63) is 47.8 Å². The maximum absolute atomic E-state index is 5.07. The number of fused-ring (bicyclic) bond motifs is 3. The number of benzene rings is 1. The summed E-state index contributed by atoms with van der Waals surface area (Å²) in [6.07, 6.45) is 10.3. The lowest BCUT2D eigenvalue weighted by atomic mass is 9.99. The summed E-state index contributed by atoms with van der Waals surface area (Å²) < 4.78 is 0. The van der Waals surface area contributed by atoms with Gasteiger partial charge in [0.25, 0.3) is 0 Å². The second kappa shape index (κ2) is 7.54. The highest BCUT2D eigenvalue weighted by atomic mass is 14.8. The average molecular weight is 306 g/mol. The summed E-state index contributed by atoms with van der Waals surface area (Å²) in [4.78, 5) is 9.64. The van der Waals surface area contributed by atoms with Crippen LogP contribution in [0.4, 0.5) is 0 Å². The van der Waals surface area contributed by atoms with Crippen LogP contribution in [-0.2, 0) is 12.8 Å². The number of rotatable bonds is 7.